The summed E-state index contributed by atoms with van der Waals surface area (Å²) < 4.78 is 13.3. The quantitative estimate of drug-likeness (QED) is 0.736. The molecule has 0 unspecified atom stereocenters. The van der Waals surface area contributed by atoms with Crippen molar-refractivity contribution in [1.82, 2.24) is 9.78 Å². The molecule has 1 aromatic carbocycles. The highest BCUT2D eigenvalue weighted by molar-refractivity contribution is 9.10. The highest BCUT2D eigenvalue weighted by atomic mass is 79.9. The van der Waals surface area contributed by atoms with Gasteiger partial charge in [0.15, 0.2) is 0 Å². The molecule has 0 radical (unpaired) electrons. The number of aromatic nitrogens is 2. The maximum Gasteiger partial charge on any atom is 0.129 e. The molecule has 112 valence electrons. The maximum absolute atomic E-state index is 5.64. The van der Waals surface area contributed by atoms with Gasteiger partial charge in [0.25, 0.3) is 0 Å². The molecule has 1 heterocycles. The standard InChI is InChI=1S/C16H19BrN2O2/c1-12(2)9-14-11-16(17)18-19(14)13-5-4-6-15(10-13)21-8-7-20-3/h4-6,9-11H,7-8H2,1-3H3. The summed E-state index contributed by atoms with van der Waals surface area (Å²) in [6.07, 6.45) is 2.09. The third-order valence-electron chi connectivity index (χ3n) is 2.76. The Morgan fingerprint density at radius 3 is 2.81 bits per heavy atom. The van der Waals surface area contributed by atoms with Gasteiger partial charge >= 0.3 is 0 Å². The van der Waals surface area contributed by atoms with Gasteiger partial charge in [-0.2, -0.15) is 5.10 Å². The molecular weight excluding hydrogens is 332 g/mol. The highest BCUT2D eigenvalue weighted by Gasteiger charge is 2.07. The predicted octanol–water partition coefficient (Wildman–Crippen LogP) is 4.08. The fraction of sp³-hybridized carbons (Fsp3) is 0.312. The van der Waals surface area contributed by atoms with Gasteiger partial charge in [-0.3, -0.25) is 0 Å². The second-order valence-corrected chi connectivity index (χ2v) is 5.68. The molecule has 0 aliphatic carbocycles. The zero-order chi connectivity index (χ0) is 15.2. The van der Waals surface area contributed by atoms with E-state index in [9.17, 15) is 0 Å². The molecule has 0 atom stereocenters. The van der Waals surface area contributed by atoms with Crippen LogP contribution in [0.3, 0.4) is 0 Å². The number of allylic oxidation sites excluding steroid dienone is 1. The fourth-order valence-electron chi connectivity index (χ4n) is 1.92. The zero-order valence-electron chi connectivity index (χ0n) is 12.5. The van der Waals surface area contributed by atoms with Gasteiger partial charge in [0.05, 0.1) is 18.0 Å². The number of methoxy groups -OCH3 is 1. The highest BCUT2D eigenvalue weighted by Crippen LogP contribution is 2.22. The number of rotatable bonds is 6. The van der Waals surface area contributed by atoms with E-state index in [-0.39, 0.29) is 0 Å². The smallest absolute Gasteiger partial charge is 0.129 e. The largest absolute Gasteiger partial charge is 0.491 e. The monoisotopic (exact) mass is 350 g/mol. The van der Waals surface area contributed by atoms with Crippen LogP contribution in [0.5, 0.6) is 5.75 Å². The van der Waals surface area contributed by atoms with E-state index in [1.54, 1.807) is 7.11 Å². The lowest BCUT2D eigenvalue weighted by Gasteiger charge is -2.09. The van der Waals surface area contributed by atoms with Gasteiger partial charge in [0.1, 0.15) is 17.0 Å². The summed E-state index contributed by atoms with van der Waals surface area (Å²) in [6.45, 7) is 5.23. The van der Waals surface area contributed by atoms with Crippen molar-refractivity contribution in [3.63, 3.8) is 0 Å². The van der Waals surface area contributed by atoms with Crippen LogP contribution in [0.4, 0.5) is 0 Å². The van der Waals surface area contributed by atoms with Gasteiger partial charge in [-0.05, 0) is 54.1 Å². The van der Waals surface area contributed by atoms with Crippen LogP contribution in [-0.2, 0) is 4.74 Å². The first-order chi connectivity index (χ1) is 10.1. The average molecular weight is 351 g/mol. The molecule has 0 bridgehead atoms. The third-order valence-corrected chi connectivity index (χ3v) is 3.15. The van der Waals surface area contributed by atoms with Gasteiger partial charge in [-0.15, -0.1) is 0 Å². The number of halogens is 1. The van der Waals surface area contributed by atoms with Crippen molar-refractivity contribution >= 4 is 22.0 Å². The van der Waals surface area contributed by atoms with Crippen LogP contribution >= 0.6 is 15.9 Å². The van der Waals surface area contributed by atoms with E-state index in [0.717, 1.165) is 21.7 Å². The Morgan fingerprint density at radius 1 is 1.29 bits per heavy atom. The maximum atomic E-state index is 5.64. The lowest BCUT2D eigenvalue weighted by atomic mass is 10.2. The number of hydrogen-bond acceptors (Lipinski definition) is 3. The molecule has 4 nitrogen and oxygen atoms in total. The molecule has 1 aromatic heterocycles. The van der Waals surface area contributed by atoms with Crippen molar-refractivity contribution in [3.8, 4) is 11.4 Å². The molecule has 21 heavy (non-hydrogen) atoms. The molecule has 0 N–H and O–H groups in total. The first kappa shape index (κ1) is 15.8. The van der Waals surface area contributed by atoms with Crippen molar-refractivity contribution in [1.29, 1.82) is 0 Å². The molecule has 0 aliphatic heterocycles. The van der Waals surface area contributed by atoms with Crippen LogP contribution in [0.25, 0.3) is 11.8 Å². The van der Waals surface area contributed by atoms with Crippen molar-refractivity contribution in [2.24, 2.45) is 0 Å². The van der Waals surface area contributed by atoms with Gasteiger partial charge in [0, 0.05) is 13.2 Å². The number of benzene rings is 1. The molecule has 2 aromatic rings. The summed E-state index contributed by atoms with van der Waals surface area (Å²) in [5.41, 5.74) is 3.20. The third kappa shape index (κ3) is 4.44. The molecule has 0 spiro atoms. The minimum absolute atomic E-state index is 0.531. The van der Waals surface area contributed by atoms with Crippen molar-refractivity contribution in [3.05, 3.63) is 46.2 Å². The van der Waals surface area contributed by atoms with Crippen molar-refractivity contribution < 1.29 is 9.47 Å². The van der Waals surface area contributed by atoms with Crippen molar-refractivity contribution in [2.45, 2.75) is 13.8 Å². The fourth-order valence-corrected chi connectivity index (χ4v) is 2.31. The van der Waals surface area contributed by atoms with Crippen LogP contribution in [0.2, 0.25) is 0 Å². The van der Waals surface area contributed by atoms with Gasteiger partial charge in [-0.25, -0.2) is 4.68 Å². The molecule has 0 saturated heterocycles. The van der Waals surface area contributed by atoms with Crippen molar-refractivity contribution in [2.75, 3.05) is 20.3 Å². The van der Waals surface area contributed by atoms with E-state index in [1.807, 2.05) is 35.0 Å². The SMILES string of the molecule is COCCOc1cccc(-n2nc(Br)cc2C=C(C)C)c1. The number of hydrogen-bond donors (Lipinski definition) is 0. The Morgan fingerprint density at radius 2 is 2.10 bits per heavy atom. The lowest BCUT2D eigenvalue weighted by molar-refractivity contribution is 0.146. The molecule has 5 heteroatoms. The van der Waals surface area contributed by atoms with E-state index < -0.39 is 0 Å². The van der Waals surface area contributed by atoms with Crippen LogP contribution < -0.4 is 4.74 Å². The molecule has 0 aliphatic rings. The Hall–Kier alpha value is -1.59. The van der Waals surface area contributed by atoms with Crippen LogP contribution in [0.1, 0.15) is 19.5 Å². The van der Waals surface area contributed by atoms with Gasteiger partial charge in [-0.1, -0.05) is 11.6 Å². The lowest BCUT2D eigenvalue weighted by Crippen LogP contribution is -2.05. The molecule has 2 rings (SSSR count). The predicted molar refractivity (Wildman–Crippen MR) is 88.0 cm³/mol. The first-order valence-corrected chi connectivity index (χ1v) is 7.52. The second kappa shape index (κ2) is 7.43. The summed E-state index contributed by atoms with van der Waals surface area (Å²) in [5, 5.41) is 4.48. The van der Waals surface area contributed by atoms with E-state index >= 15 is 0 Å². The Kier molecular flexibility index (Phi) is 5.59. The minimum Gasteiger partial charge on any atom is -0.491 e. The topological polar surface area (TPSA) is 36.3 Å². The second-order valence-electron chi connectivity index (χ2n) is 4.86. The number of nitrogens with zero attached hydrogens (tertiary/aromatic N) is 2. The van der Waals surface area contributed by atoms with E-state index in [4.69, 9.17) is 9.47 Å². The summed E-state index contributed by atoms with van der Waals surface area (Å²) in [6, 6.07) is 9.85. The van der Waals surface area contributed by atoms with Gasteiger partial charge < -0.3 is 9.47 Å². The minimum atomic E-state index is 0.531. The zero-order valence-corrected chi connectivity index (χ0v) is 14.1. The average Bonchev–Trinajstić information content (AvgIpc) is 2.79. The molecule has 0 saturated carbocycles. The summed E-state index contributed by atoms with van der Waals surface area (Å²) in [7, 11) is 1.66. The van der Waals surface area contributed by atoms with E-state index in [0.29, 0.717) is 13.2 Å². The van der Waals surface area contributed by atoms with E-state index in [2.05, 4.69) is 41.0 Å². The van der Waals surface area contributed by atoms with Crippen LogP contribution in [-0.4, -0.2) is 30.1 Å². The molecule has 0 fully saturated rings. The van der Waals surface area contributed by atoms with Crippen LogP contribution in [0, 0.1) is 0 Å². The summed E-state index contributed by atoms with van der Waals surface area (Å²) >= 11 is 3.43. The van der Waals surface area contributed by atoms with E-state index in [1.165, 1.54) is 5.57 Å². The van der Waals surface area contributed by atoms with Crippen LogP contribution in [0.15, 0.2) is 40.5 Å². The molecular formula is C16H19BrN2O2. The normalized spacial score (nSPS) is 10.5. The Labute approximate surface area is 133 Å². The summed E-state index contributed by atoms with van der Waals surface area (Å²) in [5.74, 6) is 0.805. The Balaban J connectivity index is 2.29. The first-order valence-electron chi connectivity index (χ1n) is 6.73. The van der Waals surface area contributed by atoms with Gasteiger partial charge in [0.2, 0.25) is 0 Å². The number of ether oxygens (including phenoxy) is 2. The Bertz CT molecular complexity index is 631. The molecule has 0 amide bonds. The summed E-state index contributed by atoms with van der Waals surface area (Å²) in [4.78, 5) is 0.